The molecule has 5 aromatic rings. The molecule has 210 valence electrons. The summed E-state index contributed by atoms with van der Waals surface area (Å²) in [6.07, 6.45) is 1.31. The van der Waals surface area contributed by atoms with Gasteiger partial charge in [-0.3, -0.25) is 19.7 Å². The van der Waals surface area contributed by atoms with E-state index >= 15 is 0 Å². The van der Waals surface area contributed by atoms with Crippen molar-refractivity contribution in [3.05, 3.63) is 123 Å². The second kappa shape index (κ2) is 12.6. The molecule has 11 heteroatoms. The Morgan fingerprint density at radius 2 is 1.69 bits per heavy atom. The molecule has 0 unspecified atom stereocenters. The van der Waals surface area contributed by atoms with Gasteiger partial charge in [-0.15, -0.1) is 0 Å². The Kier molecular flexibility index (Phi) is 8.29. The van der Waals surface area contributed by atoms with Gasteiger partial charge in [0.25, 0.3) is 11.5 Å². The fourth-order valence-corrected chi connectivity index (χ4v) is 4.21. The molecule has 0 aliphatic heterocycles. The first kappa shape index (κ1) is 27.7. The predicted octanol–water partition coefficient (Wildman–Crippen LogP) is 5.27. The van der Waals surface area contributed by atoms with Crippen LogP contribution >= 0.6 is 0 Å². The summed E-state index contributed by atoms with van der Waals surface area (Å²) in [5, 5.41) is 19.5. The summed E-state index contributed by atoms with van der Waals surface area (Å²) in [6.45, 7) is 1.41. The van der Waals surface area contributed by atoms with E-state index in [4.69, 9.17) is 9.47 Å². The maximum atomic E-state index is 13.4. The number of carbonyl (C=O) groups is 1. The summed E-state index contributed by atoms with van der Waals surface area (Å²) in [6, 6.07) is 27.5. The average molecular weight is 564 g/mol. The molecule has 1 N–H and O–H groups in total. The van der Waals surface area contributed by atoms with E-state index in [0.29, 0.717) is 28.0 Å². The van der Waals surface area contributed by atoms with Crippen LogP contribution in [0, 0.1) is 10.1 Å². The van der Waals surface area contributed by atoms with Crippen molar-refractivity contribution in [1.82, 2.24) is 9.66 Å². The first-order chi connectivity index (χ1) is 20.4. The second-order valence-electron chi connectivity index (χ2n) is 8.94. The normalized spacial score (nSPS) is 11.0. The van der Waals surface area contributed by atoms with Gasteiger partial charge in [-0.2, -0.15) is 9.78 Å². The summed E-state index contributed by atoms with van der Waals surface area (Å²) in [7, 11) is 0. The van der Waals surface area contributed by atoms with Gasteiger partial charge in [0, 0.05) is 22.9 Å². The van der Waals surface area contributed by atoms with E-state index in [1.54, 1.807) is 67.6 Å². The fraction of sp³-hybridized carbons (Fsp3) is 0.0968. The molecule has 0 bridgehead atoms. The number of hydrogen-bond acceptors (Lipinski definition) is 8. The Balaban J connectivity index is 1.51. The Labute approximate surface area is 239 Å². The van der Waals surface area contributed by atoms with Crippen molar-refractivity contribution < 1.29 is 19.2 Å². The van der Waals surface area contributed by atoms with E-state index in [2.05, 4.69) is 15.4 Å². The highest BCUT2D eigenvalue weighted by Crippen LogP contribution is 2.38. The lowest BCUT2D eigenvalue weighted by Gasteiger charge is -2.13. The molecular weight excluding hydrogens is 538 g/mol. The van der Waals surface area contributed by atoms with Gasteiger partial charge in [-0.05, 0) is 37.3 Å². The number of aromatic nitrogens is 2. The van der Waals surface area contributed by atoms with E-state index in [-0.39, 0.29) is 23.7 Å². The molecule has 1 heterocycles. The third-order valence-corrected chi connectivity index (χ3v) is 6.07. The SMILES string of the molecule is CCOc1cc(C=Nn2c(-c3ccccc3)nc3ccccc3c2=O)cc([N+](=O)[O-])c1OCC(=O)Nc1ccccc1. The van der Waals surface area contributed by atoms with Gasteiger partial charge in [0.1, 0.15) is 0 Å². The third-order valence-electron chi connectivity index (χ3n) is 6.07. The van der Waals surface area contributed by atoms with E-state index in [1.165, 1.54) is 18.3 Å². The highest BCUT2D eigenvalue weighted by atomic mass is 16.6. The quantitative estimate of drug-likeness (QED) is 0.139. The predicted molar refractivity (Wildman–Crippen MR) is 159 cm³/mol. The van der Waals surface area contributed by atoms with E-state index < -0.39 is 28.7 Å². The number of fused-ring (bicyclic) bond motifs is 1. The Bertz CT molecular complexity index is 1840. The van der Waals surface area contributed by atoms with Crippen LogP contribution < -0.4 is 20.3 Å². The third kappa shape index (κ3) is 6.15. The molecule has 0 saturated carbocycles. The first-order valence-electron chi connectivity index (χ1n) is 13.0. The topological polar surface area (TPSA) is 138 Å². The number of anilines is 1. The van der Waals surface area contributed by atoms with Crippen LogP contribution in [0.3, 0.4) is 0 Å². The number of nitrogens with one attached hydrogen (secondary N) is 1. The van der Waals surface area contributed by atoms with Crippen LogP contribution in [0.5, 0.6) is 11.5 Å². The molecule has 0 aliphatic carbocycles. The van der Waals surface area contributed by atoms with Gasteiger partial charge in [0.05, 0.1) is 28.6 Å². The lowest BCUT2D eigenvalue weighted by atomic mass is 10.1. The van der Waals surface area contributed by atoms with E-state index in [9.17, 15) is 19.7 Å². The molecule has 0 atom stereocenters. The van der Waals surface area contributed by atoms with Gasteiger partial charge in [-0.25, -0.2) is 4.98 Å². The van der Waals surface area contributed by atoms with Gasteiger partial charge < -0.3 is 14.8 Å². The standard InChI is InChI=1S/C31H25N5O6/c1-2-41-27-18-21(17-26(36(39)40)29(27)42-20-28(37)33-23-13-7-4-8-14-23)19-32-35-30(22-11-5-3-6-12-22)34-25-16-10-9-15-24(25)31(35)38/h3-19H,2,20H2,1H3,(H,33,37). The molecule has 0 saturated heterocycles. The Hall–Kier alpha value is -5.84. The molecule has 42 heavy (non-hydrogen) atoms. The number of para-hydroxylation sites is 2. The summed E-state index contributed by atoms with van der Waals surface area (Å²) in [5.74, 6) is -0.343. The monoisotopic (exact) mass is 563 g/mol. The van der Waals surface area contributed by atoms with Crippen molar-refractivity contribution in [1.29, 1.82) is 0 Å². The average Bonchev–Trinajstić information content (AvgIpc) is 3.01. The lowest BCUT2D eigenvalue weighted by molar-refractivity contribution is -0.385. The smallest absolute Gasteiger partial charge is 0.315 e. The van der Waals surface area contributed by atoms with Crippen LogP contribution in [0.2, 0.25) is 0 Å². The zero-order chi connectivity index (χ0) is 29.5. The van der Waals surface area contributed by atoms with Crippen LogP contribution in [0.1, 0.15) is 12.5 Å². The number of nitro benzene ring substituents is 1. The number of nitrogens with zero attached hydrogens (tertiary/aromatic N) is 4. The molecule has 11 nitrogen and oxygen atoms in total. The molecule has 0 fully saturated rings. The van der Waals surface area contributed by atoms with E-state index in [0.717, 1.165) is 4.68 Å². The number of hydrogen-bond donors (Lipinski definition) is 1. The number of carbonyl (C=O) groups excluding carboxylic acids is 1. The van der Waals surface area contributed by atoms with Crippen molar-refractivity contribution in [3.8, 4) is 22.9 Å². The van der Waals surface area contributed by atoms with Crippen LogP contribution in [-0.4, -0.2) is 39.9 Å². The molecule has 5 rings (SSSR count). The molecule has 1 aromatic heterocycles. The van der Waals surface area contributed by atoms with Crippen molar-refractivity contribution in [3.63, 3.8) is 0 Å². The van der Waals surface area contributed by atoms with Crippen LogP contribution in [0.25, 0.3) is 22.3 Å². The van der Waals surface area contributed by atoms with Crippen molar-refractivity contribution in [2.24, 2.45) is 5.10 Å². The summed E-state index contributed by atoms with van der Waals surface area (Å²) in [4.78, 5) is 41.9. The number of rotatable bonds is 10. The van der Waals surface area contributed by atoms with Crippen molar-refractivity contribution in [2.45, 2.75) is 6.92 Å². The molecule has 0 radical (unpaired) electrons. The lowest BCUT2D eigenvalue weighted by Crippen LogP contribution is -2.21. The summed E-state index contributed by atoms with van der Waals surface area (Å²) < 4.78 is 12.4. The first-order valence-corrected chi connectivity index (χ1v) is 13.0. The van der Waals surface area contributed by atoms with Crippen LogP contribution in [-0.2, 0) is 4.79 Å². The number of ether oxygens (including phenoxy) is 2. The molecule has 0 spiro atoms. The maximum Gasteiger partial charge on any atom is 0.315 e. The van der Waals surface area contributed by atoms with Gasteiger partial charge >= 0.3 is 5.69 Å². The largest absolute Gasteiger partial charge is 0.490 e. The van der Waals surface area contributed by atoms with Gasteiger partial charge in [0.2, 0.25) is 5.75 Å². The van der Waals surface area contributed by atoms with Crippen molar-refractivity contribution in [2.75, 3.05) is 18.5 Å². The fourth-order valence-electron chi connectivity index (χ4n) is 4.21. The Morgan fingerprint density at radius 3 is 2.40 bits per heavy atom. The van der Waals surface area contributed by atoms with Crippen LogP contribution in [0.15, 0.2) is 107 Å². The minimum Gasteiger partial charge on any atom is -0.490 e. The summed E-state index contributed by atoms with van der Waals surface area (Å²) >= 11 is 0. The zero-order valence-electron chi connectivity index (χ0n) is 22.5. The van der Waals surface area contributed by atoms with Crippen molar-refractivity contribution >= 4 is 34.4 Å². The Morgan fingerprint density at radius 1 is 1.00 bits per heavy atom. The minimum atomic E-state index is -0.635. The zero-order valence-corrected chi connectivity index (χ0v) is 22.5. The number of benzene rings is 4. The van der Waals surface area contributed by atoms with Gasteiger partial charge in [-0.1, -0.05) is 60.7 Å². The van der Waals surface area contributed by atoms with Gasteiger partial charge in [0.15, 0.2) is 18.2 Å². The number of nitro groups is 1. The highest BCUT2D eigenvalue weighted by molar-refractivity contribution is 5.92. The second-order valence-corrected chi connectivity index (χ2v) is 8.94. The molecular formula is C31H25N5O6. The highest BCUT2D eigenvalue weighted by Gasteiger charge is 2.23. The molecule has 4 aromatic carbocycles. The summed E-state index contributed by atoms with van der Waals surface area (Å²) in [5.41, 5.74) is 1.17. The van der Waals surface area contributed by atoms with E-state index in [1.807, 2.05) is 24.3 Å². The molecule has 1 amide bonds. The molecule has 0 aliphatic rings. The van der Waals surface area contributed by atoms with Crippen LogP contribution in [0.4, 0.5) is 11.4 Å². The minimum absolute atomic E-state index is 0.0490. The maximum absolute atomic E-state index is 13.4. The number of amides is 1.